The molecule has 0 aromatic heterocycles. The van der Waals surface area contributed by atoms with E-state index in [0.29, 0.717) is 6.47 Å². The van der Waals surface area contributed by atoms with Gasteiger partial charge in [-0.25, -0.2) is 0 Å². The molecule has 0 bridgehead atoms. The Morgan fingerprint density at radius 2 is 2.00 bits per heavy atom. The molecule has 0 unspecified atom stereocenters. The molecule has 50 valence electrons. The van der Waals surface area contributed by atoms with Crippen molar-refractivity contribution >= 4 is 6.47 Å². The zero-order valence-corrected chi connectivity index (χ0v) is 5.39. The second kappa shape index (κ2) is 16.1. The van der Waals surface area contributed by atoms with Crippen molar-refractivity contribution in [2.45, 2.75) is 13.3 Å². The number of nitrogens with two attached hydrogens (primary N) is 1. The second-order valence-electron chi connectivity index (χ2n) is 1.12. The van der Waals surface area contributed by atoms with E-state index in [9.17, 15) is 0 Å². The lowest BCUT2D eigenvalue weighted by atomic mass is 10.5. The molecule has 8 heavy (non-hydrogen) atoms. The summed E-state index contributed by atoms with van der Waals surface area (Å²) in [5.41, 5.74) is 5.03. The summed E-state index contributed by atoms with van der Waals surface area (Å²) in [5.74, 6) is 0. The van der Waals surface area contributed by atoms with Gasteiger partial charge in [0.05, 0.1) is 7.11 Å². The first-order valence-corrected chi connectivity index (χ1v) is 2.50. The molecule has 0 fully saturated rings. The molecule has 3 nitrogen and oxygen atoms in total. The van der Waals surface area contributed by atoms with Gasteiger partial charge in [-0.3, -0.25) is 4.79 Å². The van der Waals surface area contributed by atoms with E-state index in [2.05, 4.69) is 11.7 Å². The molecule has 3 heteroatoms. The molecule has 2 N–H and O–H groups in total. The first kappa shape index (κ1) is 10.4. The Kier molecular flexibility index (Phi) is 21.0. The van der Waals surface area contributed by atoms with Crippen LogP contribution in [-0.2, 0) is 9.53 Å². The van der Waals surface area contributed by atoms with Crippen LogP contribution in [0.5, 0.6) is 0 Å². The van der Waals surface area contributed by atoms with E-state index in [4.69, 9.17) is 10.5 Å². The van der Waals surface area contributed by atoms with Crippen LogP contribution < -0.4 is 5.73 Å². The highest BCUT2D eigenvalue weighted by Crippen LogP contribution is 1.57. The van der Waals surface area contributed by atoms with Crippen molar-refractivity contribution in [1.29, 1.82) is 0 Å². The topological polar surface area (TPSA) is 52.3 Å². The van der Waals surface area contributed by atoms with Gasteiger partial charge in [0, 0.05) is 0 Å². The molecule has 0 amide bonds. The Hall–Kier alpha value is -0.570. The predicted molar refractivity (Wildman–Crippen MR) is 32.4 cm³/mol. The Balaban J connectivity index is 0. The number of hydrogen-bond acceptors (Lipinski definition) is 3. The van der Waals surface area contributed by atoms with E-state index < -0.39 is 0 Å². The van der Waals surface area contributed by atoms with Crippen LogP contribution in [0.4, 0.5) is 0 Å². The zero-order chi connectivity index (χ0) is 6.83. The number of hydrogen-bond donors (Lipinski definition) is 1. The largest absolute Gasteiger partial charge is 0.471 e. The van der Waals surface area contributed by atoms with Crippen molar-refractivity contribution < 1.29 is 9.53 Å². The standard InChI is InChI=1S/C3H9N.C2H4O2/c1-2-3-4;1-4-2-3/h2-4H2,1H3;2H,1H3. The van der Waals surface area contributed by atoms with Crippen LogP contribution >= 0.6 is 0 Å². The average molecular weight is 119 g/mol. The number of ether oxygens (including phenoxy) is 1. The summed E-state index contributed by atoms with van der Waals surface area (Å²) in [6.07, 6.45) is 1.10. The maximum atomic E-state index is 8.95. The van der Waals surface area contributed by atoms with Crippen LogP contribution in [0.1, 0.15) is 13.3 Å². The van der Waals surface area contributed by atoms with E-state index in [1.807, 2.05) is 0 Å². The lowest BCUT2D eigenvalue weighted by Gasteiger charge is -1.70. The van der Waals surface area contributed by atoms with Gasteiger partial charge < -0.3 is 10.5 Å². The summed E-state index contributed by atoms with van der Waals surface area (Å²) in [6, 6.07) is 0. The van der Waals surface area contributed by atoms with Gasteiger partial charge in [0.1, 0.15) is 0 Å². The summed E-state index contributed by atoms with van der Waals surface area (Å²) in [4.78, 5) is 8.95. The van der Waals surface area contributed by atoms with Gasteiger partial charge in [0.15, 0.2) is 0 Å². The van der Waals surface area contributed by atoms with Crippen LogP contribution in [0.15, 0.2) is 0 Å². The monoisotopic (exact) mass is 119 g/mol. The highest BCUT2D eigenvalue weighted by atomic mass is 16.5. The molecule has 0 aromatic carbocycles. The Bertz CT molecular complexity index is 37.4. The lowest BCUT2D eigenvalue weighted by molar-refractivity contribution is -0.126. The number of rotatable bonds is 2. The van der Waals surface area contributed by atoms with Gasteiger partial charge in [-0.1, -0.05) is 6.92 Å². The van der Waals surface area contributed by atoms with E-state index in [1.165, 1.54) is 7.11 Å². The van der Waals surface area contributed by atoms with Gasteiger partial charge in [0.2, 0.25) is 0 Å². The maximum absolute atomic E-state index is 8.95. The van der Waals surface area contributed by atoms with Gasteiger partial charge in [0.25, 0.3) is 6.47 Å². The van der Waals surface area contributed by atoms with Crippen LogP contribution in [0, 0.1) is 0 Å². The number of carbonyl (C=O) groups excluding carboxylic acids is 1. The molecule has 0 radical (unpaired) electrons. The Morgan fingerprint density at radius 1 is 1.75 bits per heavy atom. The second-order valence-corrected chi connectivity index (χ2v) is 1.12. The minimum absolute atomic E-state index is 0.375. The number of methoxy groups -OCH3 is 1. The predicted octanol–water partition coefficient (Wildman–Crippen LogP) is 0.144. The summed E-state index contributed by atoms with van der Waals surface area (Å²) in [7, 11) is 1.31. The van der Waals surface area contributed by atoms with Gasteiger partial charge in [-0.2, -0.15) is 0 Å². The van der Waals surface area contributed by atoms with Crippen molar-refractivity contribution in [3.63, 3.8) is 0 Å². The normalized spacial score (nSPS) is 6.38. The van der Waals surface area contributed by atoms with Crippen molar-refractivity contribution in [2.75, 3.05) is 13.7 Å². The fourth-order valence-electron chi connectivity index (χ4n) is 0. The first-order valence-electron chi connectivity index (χ1n) is 2.50. The molecular formula is C5H13NO2. The summed E-state index contributed by atoms with van der Waals surface area (Å²) < 4.78 is 3.86. The molecule has 0 spiro atoms. The minimum atomic E-state index is 0.375. The van der Waals surface area contributed by atoms with E-state index in [-0.39, 0.29) is 0 Å². The zero-order valence-electron chi connectivity index (χ0n) is 5.39. The fourth-order valence-corrected chi connectivity index (χ4v) is 0. The molecule has 0 aliphatic carbocycles. The van der Waals surface area contributed by atoms with Crippen LogP contribution in [0.3, 0.4) is 0 Å². The third kappa shape index (κ3) is 52.1. The molecule has 0 aliphatic heterocycles. The average Bonchev–Trinajstić information content (AvgIpc) is 1.88. The third-order valence-electron chi connectivity index (χ3n) is 0.385. The highest BCUT2D eigenvalue weighted by molar-refractivity contribution is 5.36. The third-order valence-corrected chi connectivity index (χ3v) is 0.385. The molecule has 0 atom stereocenters. The quantitative estimate of drug-likeness (QED) is 0.526. The molecular weight excluding hydrogens is 106 g/mol. The molecule has 0 saturated carbocycles. The first-order chi connectivity index (χ1) is 3.83. The maximum Gasteiger partial charge on any atom is 0.292 e. The van der Waals surface area contributed by atoms with Crippen LogP contribution in [0.25, 0.3) is 0 Å². The fraction of sp³-hybridized carbons (Fsp3) is 0.800. The van der Waals surface area contributed by atoms with E-state index in [1.54, 1.807) is 0 Å². The van der Waals surface area contributed by atoms with Crippen molar-refractivity contribution in [3.8, 4) is 0 Å². The van der Waals surface area contributed by atoms with Gasteiger partial charge >= 0.3 is 0 Å². The molecule has 0 saturated heterocycles. The Labute approximate surface area is 49.8 Å². The van der Waals surface area contributed by atoms with E-state index in [0.717, 1.165) is 13.0 Å². The smallest absolute Gasteiger partial charge is 0.292 e. The Morgan fingerprint density at radius 3 is 2.00 bits per heavy atom. The van der Waals surface area contributed by atoms with E-state index >= 15 is 0 Å². The molecule has 0 aliphatic rings. The van der Waals surface area contributed by atoms with Gasteiger partial charge in [-0.15, -0.1) is 0 Å². The molecule has 0 aromatic rings. The van der Waals surface area contributed by atoms with Crippen LogP contribution in [0.2, 0.25) is 0 Å². The van der Waals surface area contributed by atoms with Crippen LogP contribution in [-0.4, -0.2) is 20.1 Å². The minimum Gasteiger partial charge on any atom is -0.471 e. The molecule has 0 rings (SSSR count). The SMILES string of the molecule is CCCN.COC=O. The lowest BCUT2D eigenvalue weighted by Crippen LogP contribution is -1.93. The summed E-state index contributed by atoms with van der Waals surface area (Å²) in [6.45, 7) is 3.25. The summed E-state index contributed by atoms with van der Waals surface area (Å²) in [5, 5.41) is 0. The van der Waals surface area contributed by atoms with Crippen molar-refractivity contribution in [2.24, 2.45) is 5.73 Å². The number of carbonyl (C=O) groups is 1. The van der Waals surface area contributed by atoms with Gasteiger partial charge in [-0.05, 0) is 13.0 Å². The summed E-state index contributed by atoms with van der Waals surface area (Å²) >= 11 is 0. The van der Waals surface area contributed by atoms with Crippen molar-refractivity contribution in [3.05, 3.63) is 0 Å². The highest BCUT2D eigenvalue weighted by Gasteiger charge is 1.55. The molecule has 0 heterocycles. The van der Waals surface area contributed by atoms with Crippen molar-refractivity contribution in [1.82, 2.24) is 0 Å².